The van der Waals surface area contributed by atoms with E-state index in [2.05, 4.69) is 77.1 Å². The third-order valence-electron chi connectivity index (χ3n) is 9.32. The highest BCUT2D eigenvalue weighted by atomic mass is 31.1. The van der Waals surface area contributed by atoms with Crippen molar-refractivity contribution >= 4 is 15.8 Å². The third kappa shape index (κ3) is 27.6. The summed E-state index contributed by atoms with van der Waals surface area (Å²) in [5, 5.41) is 0. The molecule has 0 aliphatic rings. The topological polar surface area (TPSA) is 0 Å². The van der Waals surface area contributed by atoms with Gasteiger partial charge in [0, 0.05) is 33.4 Å². The maximum absolute atomic E-state index is 5.28. The monoisotopic (exact) mass is 809 g/mol. The van der Waals surface area contributed by atoms with E-state index in [0.717, 1.165) is 33.4 Å². The van der Waals surface area contributed by atoms with Gasteiger partial charge in [-0.15, -0.1) is 28.7 Å². The van der Waals surface area contributed by atoms with Gasteiger partial charge in [0.2, 0.25) is 0 Å². The van der Waals surface area contributed by atoms with E-state index in [1.165, 1.54) is 77.0 Å². The molecular weight excluding hydrogens is 735 g/mol. The molecule has 2 heteroatoms. The molecule has 0 fully saturated rings. The fourth-order valence-electron chi connectivity index (χ4n) is 5.59. The summed E-state index contributed by atoms with van der Waals surface area (Å²) in [6.07, 6.45) is 37.0. The van der Waals surface area contributed by atoms with Crippen molar-refractivity contribution in [3.05, 3.63) is 143 Å². The number of benzene rings is 4. The molecule has 0 spiro atoms. The first-order chi connectivity index (χ1) is 28.5. The van der Waals surface area contributed by atoms with Crippen molar-refractivity contribution in [2.45, 2.75) is 119 Å². The Kier molecular flexibility index (Phi) is 33.4. The van der Waals surface area contributed by atoms with Gasteiger partial charge in [0.15, 0.2) is 0 Å². The van der Waals surface area contributed by atoms with Crippen LogP contribution in [0.1, 0.15) is 152 Å². The Morgan fingerprint density at radius 1 is 0.310 bits per heavy atom. The summed E-state index contributed by atoms with van der Waals surface area (Å²) < 4.78 is 0. The van der Waals surface area contributed by atoms with Gasteiger partial charge in [0.1, 0.15) is 0 Å². The van der Waals surface area contributed by atoms with Crippen molar-refractivity contribution in [3.63, 3.8) is 0 Å². The van der Waals surface area contributed by atoms with E-state index in [-0.39, 0.29) is 0 Å². The first kappa shape index (κ1) is 52.0. The summed E-state index contributed by atoms with van der Waals surface area (Å²) in [7, 11) is 0.843. The van der Waals surface area contributed by atoms with Crippen LogP contribution in [-0.2, 0) is 0 Å². The van der Waals surface area contributed by atoms with Crippen molar-refractivity contribution < 1.29 is 0 Å². The number of rotatable bonds is 18. The van der Waals surface area contributed by atoms with Crippen molar-refractivity contribution in [3.8, 4) is 48.4 Å². The second-order valence-electron chi connectivity index (χ2n) is 14.5. The van der Waals surface area contributed by atoms with Gasteiger partial charge in [-0.25, -0.2) is 0 Å². The third-order valence-corrected chi connectivity index (χ3v) is 15.0. The van der Waals surface area contributed by atoms with Crippen LogP contribution in [0.4, 0.5) is 0 Å². The molecular formula is C56H74P2. The molecule has 0 unspecified atom stereocenters. The fourth-order valence-corrected chi connectivity index (χ4v) is 11.5. The minimum Gasteiger partial charge on any atom is -0.115 e. The average Bonchev–Trinajstić information content (AvgIpc) is 3.28. The summed E-state index contributed by atoms with van der Waals surface area (Å²) >= 11 is 0. The van der Waals surface area contributed by atoms with Crippen LogP contribution in [-0.4, -0.2) is 37.0 Å². The predicted octanol–water partition coefficient (Wildman–Crippen LogP) is 15.9. The van der Waals surface area contributed by atoms with Crippen molar-refractivity contribution in [2.24, 2.45) is 0 Å². The molecule has 0 radical (unpaired) electrons. The minimum absolute atomic E-state index is 0.422. The quantitative estimate of drug-likeness (QED) is 0.0694. The Labute approximate surface area is 360 Å². The maximum atomic E-state index is 5.28. The molecule has 0 N–H and O–H groups in total. The second kappa shape index (κ2) is 37.3. The van der Waals surface area contributed by atoms with Crippen molar-refractivity contribution in [1.29, 1.82) is 0 Å². The molecule has 0 aromatic heterocycles. The Hall–Kier alpha value is -4.02. The number of hydrogen-bond donors (Lipinski definition) is 0. The highest BCUT2D eigenvalue weighted by Gasteiger charge is 2.06. The van der Waals surface area contributed by atoms with E-state index in [1.807, 2.05) is 109 Å². The van der Waals surface area contributed by atoms with Crippen LogP contribution < -0.4 is 0 Å². The summed E-state index contributed by atoms with van der Waals surface area (Å²) in [4.78, 5) is 0. The van der Waals surface area contributed by atoms with Gasteiger partial charge in [0.05, 0.1) is 0 Å². The first-order valence-corrected chi connectivity index (χ1v) is 26.0. The average molecular weight is 809 g/mol. The van der Waals surface area contributed by atoms with Gasteiger partial charge in [-0.05, 0) is 148 Å². The molecule has 0 saturated carbocycles. The van der Waals surface area contributed by atoms with E-state index in [0.29, 0.717) is 15.8 Å². The number of terminal acetylenes is 2. The van der Waals surface area contributed by atoms with E-state index in [1.54, 1.807) is 37.0 Å². The molecule has 4 aromatic carbocycles. The molecule has 4 rings (SSSR count). The zero-order valence-corrected chi connectivity index (χ0v) is 39.0. The van der Waals surface area contributed by atoms with Gasteiger partial charge in [-0.2, -0.15) is 0 Å². The van der Waals surface area contributed by atoms with E-state index in [4.69, 9.17) is 12.8 Å². The lowest BCUT2D eigenvalue weighted by atomic mass is 10.1. The number of hydrogen-bond acceptors (Lipinski definition) is 0. The Morgan fingerprint density at radius 3 is 0.724 bits per heavy atom. The van der Waals surface area contributed by atoms with Crippen molar-refractivity contribution in [2.75, 3.05) is 37.0 Å². The predicted molar refractivity (Wildman–Crippen MR) is 266 cm³/mol. The van der Waals surface area contributed by atoms with Crippen LogP contribution in [0, 0.1) is 48.4 Å². The zero-order valence-electron chi connectivity index (χ0n) is 37.2. The van der Waals surface area contributed by atoms with E-state index in [9.17, 15) is 0 Å². The Morgan fingerprint density at radius 2 is 0.517 bits per heavy atom. The molecule has 0 heterocycles. The molecule has 0 atom stereocenters. The summed E-state index contributed by atoms with van der Waals surface area (Å²) in [6, 6.07) is 35.2. The molecule has 0 nitrogen and oxygen atoms in total. The van der Waals surface area contributed by atoms with Crippen LogP contribution >= 0.6 is 15.8 Å². The fraction of sp³-hybridized carbons (Fsp3) is 0.429. The molecule has 0 saturated heterocycles. The normalized spacial score (nSPS) is 9.76. The molecule has 0 aliphatic heterocycles. The van der Waals surface area contributed by atoms with E-state index >= 15 is 0 Å². The minimum atomic E-state index is 0.422. The van der Waals surface area contributed by atoms with Gasteiger partial charge < -0.3 is 0 Å². The molecule has 308 valence electrons. The highest BCUT2D eigenvalue weighted by molar-refractivity contribution is 7.57. The maximum Gasteiger partial charge on any atom is 0.0249 e. The van der Waals surface area contributed by atoms with Gasteiger partial charge >= 0.3 is 0 Å². The lowest BCUT2D eigenvalue weighted by Gasteiger charge is -2.16. The number of unbranched alkanes of at least 4 members (excludes halogenated alkanes) is 6. The summed E-state index contributed by atoms with van der Waals surface area (Å²) in [5.41, 5.74) is 5.74. The van der Waals surface area contributed by atoms with Crippen molar-refractivity contribution in [1.82, 2.24) is 0 Å². The van der Waals surface area contributed by atoms with Crippen LogP contribution in [0.5, 0.6) is 0 Å². The van der Waals surface area contributed by atoms with Crippen LogP contribution in [0.3, 0.4) is 0 Å². The summed E-state index contributed by atoms with van der Waals surface area (Å²) in [5.74, 6) is 17.5. The van der Waals surface area contributed by atoms with E-state index < -0.39 is 0 Å². The van der Waals surface area contributed by atoms with Gasteiger partial charge in [0.25, 0.3) is 0 Å². The molecule has 0 bridgehead atoms. The lowest BCUT2D eigenvalue weighted by Crippen LogP contribution is -1.95. The van der Waals surface area contributed by atoms with Gasteiger partial charge in [-0.1, -0.05) is 152 Å². The smallest absolute Gasteiger partial charge is 0.0249 e. The zero-order chi connectivity index (χ0) is 42.3. The van der Waals surface area contributed by atoms with Gasteiger partial charge in [-0.3, -0.25) is 0 Å². The van der Waals surface area contributed by atoms with Crippen LogP contribution in [0.15, 0.2) is 109 Å². The molecule has 58 heavy (non-hydrogen) atoms. The molecule has 0 aliphatic carbocycles. The lowest BCUT2D eigenvalue weighted by molar-refractivity contribution is 0.847. The van der Waals surface area contributed by atoms with Crippen LogP contribution in [0.2, 0.25) is 0 Å². The summed E-state index contributed by atoms with van der Waals surface area (Å²) in [6.45, 7) is 13.9. The first-order valence-electron chi connectivity index (χ1n) is 22.2. The SMILES string of the molecule is C#Cc1ccc(C#Cc2ccccc2)cc1.C#Cc1ccc(C#Cc2ccccc2)cc1.CCCCP(CCCC)CCCC.CCCCP(CCCC)CCCC. The molecule has 4 aromatic rings. The highest BCUT2D eigenvalue weighted by Crippen LogP contribution is 2.39. The largest absolute Gasteiger partial charge is 0.115 e. The Balaban J connectivity index is 0.000000389. The van der Waals surface area contributed by atoms with Crippen LogP contribution in [0.25, 0.3) is 0 Å². The molecule has 0 amide bonds. The standard InChI is InChI=1S/2C16H10.2C12H27P/c2*1-2-14-8-10-16(11-9-14)13-12-15-6-4-3-5-7-15;2*1-4-7-10-13(11-8-5-2)12-9-6-3/h2*1,3-11H;2*4-12H2,1-3H3. The Bertz CT molecular complexity index is 1580. The second-order valence-corrected chi connectivity index (χ2v) is 19.8.